The molecule has 0 bridgehead atoms. The van der Waals surface area contributed by atoms with Crippen molar-refractivity contribution in [2.24, 2.45) is 0 Å². The SMILES string of the molecule is CC(=O)NCCN[C@@H](C)c1ccc(Cl)cc1. The van der Waals surface area contributed by atoms with E-state index in [1.54, 1.807) is 0 Å². The minimum Gasteiger partial charge on any atom is -0.355 e. The fourth-order valence-electron chi connectivity index (χ4n) is 1.40. The molecule has 2 N–H and O–H groups in total. The van der Waals surface area contributed by atoms with Gasteiger partial charge in [0.2, 0.25) is 5.91 Å². The Balaban J connectivity index is 2.32. The molecule has 88 valence electrons. The van der Waals surface area contributed by atoms with Gasteiger partial charge in [-0.25, -0.2) is 0 Å². The smallest absolute Gasteiger partial charge is 0.216 e. The van der Waals surface area contributed by atoms with Crippen LogP contribution in [-0.4, -0.2) is 19.0 Å². The van der Waals surface area contributed by atoms with Gasteiger partial charge in [-0.15, -0.1) is 0 Å². The Morgan fingerprint density at radius 2 is 1.94 bits per heavy atom. The number of carbonyl (C=O) groups is 1. The van der Waals surface area contributed by atoms with Crippen LogP contribution in [-0.2, 0) is 4.79 Å². The number of carbonyl (C=O) groups excluding carboxylic acids is 1. The van der Waals surface area contributed by atoms with E-state index in [1.807, 2.05) is 24.3 Å². The summed E-state index contributed by atoms with van der Waals surface area (Å²) in [6.07, 6.45) is 0. The van der Waals surface area contributed by atoms with E-state index in [2.05, 4.69) is 17.6 Å². The van der Waals surface area contributed by atoms with E-state index < -0.39 is 0 Å². The van der Waals surface area contributed by atoms with Gasteiger partial charge in [-0.2, -0.15) is 0 Å². The van der Waals surface area contributed by atoms with E-state index in [1.165, 1.54) is 12.5 Å². The van der Waals surface area contributed by atoms with Gasteiger partial charge in [0.05, 0.1) is 0 Å². The molecule has 0 radical (unpaired) electrons. The molecule has 0 unspecified atom stereocenters. The molecule has 1 aromatic carbocycles. The Morgan fingerprint density at radius 3 is 2.50 bits per heavy atom. The van der Waals surface area contributed by atoms with E-state index in [0.29, 0.717) is 6.54 Å². The summed E-state index contributed by atoms with van der Waals surface area (Å²) in [5.41, 5.74) is 1.19. The second kappa shape index (κ2) is 6.51. The summed E-state index contributed by atoms with van der Waals surface area (Å²) in [4.78, 5) is 10.6. The molecular weight excluding hydrogens is 224 g/mol. The van der Waals surface area contributed by atoms with Gasteiger partial charge >= 0.3 is 0 Å². The molecule has 0 aliphatic carbocycles. The van der Waals surface area contributed by atoms with Crippen molar-refractivity contribution in [3.05, 3.63) is 34.9 Å². The highest BCUT2D eigenvalue weighted by Crippen LogP contribution is 2.15. The number of benzene rings is 1. The molecule has 0 saturated heterocycles. The minimum absolute atomic E-state index is 0.000876. The summed E-state index contributed by atoms with van der Waals surface area (Å²) < 4.78 is 0. The van der Waals surface area contributed by atoms with Crippen molar-refractivity contribution in [3.8, 4) is 0 Å². The lowest BCUT2D eigenvalue weighted by Crippen LogP contribution is -2.31. The van der Waals surface area contributed by atoms with Crippen molar-refractivity contribution in [3.63, 3.8) is 0 Å². The molecule has 0 aliphatic heterocycles. The van der Waals surface area contributed by atoms with Gasteiger partial charge in [-0.1, -0.05) is 23.7 Å². The number of hydrogen-bond acceptors (Lipinski definition) is 2. The van der Waals surface area contributed by atoms with Crippen LogP contribution in [0.3, 0.4) is 0 Å². The molecule has 0 aliphatic rings. The number of hydrogen-bond donors (Lipinski definition) is 2. The highest BCUT2D eigenvalue weighted by atomic mass is 35.5. The summed E-state index contributed by atoms with van der Waals surface area (Å²) in [7, 11) is 0. The average Bonchev–Trinajstić information content (AvgIpc) is 2.25. The highest BCUT2D eigenvalue weighted by molar-refractivity contribution is 6.30. The number of amides is 1. The van der Waals surface area contributed by atoms with Gasteiger partial charge < -0.3 is 10.6 Å². The third-order valence-corrected chi connectivity index (χ3v) is 2.57. The topological polar surface area (TPSA) is 41.1 Å². The van der Waals surface area contributed by atoms with E-state index >= 15 is 0 Å². The van der Waals surface area contributed by atoms with Gasteiger partial charge in [0.25, 0.3) is 0 Å². The number of halogens is 1. The molecule has 0 heterocycles. The summed E-state index contributed by atoms with van der Waals surface area (Å²) >= 11 is 5.81. The van der Waals surface area contributed by atoms with Crippen LogP contribution in [0.15, 0.2) is 24.3 Å². The van der Waals surface area contributed by atoms with Crippen LogP contribution >= 0.6 is 11.6 Å². The maximum Gasteiger partial charge on any atom is 0.216 e. The third-order valence-electron chi connectivity index (χ3n) is 2.32. The zero-order valence-corrected chi connectivity index (χ0v) is 10.3. The Morgan fingerprint density at radius 1 is 1.31 bits per heavy atom. The molecule has 4 heteroatoms. The highest BCUT2D eigenvalue weighted by Gasteiger charge is 2.03. The Labute approximate surface area is 101 Å². The van der Waals surface area contributed by atoms with Crippen LogP contribution in [0.4, 0.5) is 0 Å². The van der Waals surface area contributed by atoms with E-state index in [9.17, 15) is 4.79 Å². The first-order valence-corrected chi connectivity index (χ1v) is 5.70. The molecule has 1 atom stereocenters. The second-order valence-corrected chi connectivity index (χ2v) is 4.15. The van der Waals surface area contributed by atoms with Crippen molar-refractivity contribution >= 4 is 17.5 Å². The Bertz CT molecular complexity index is 337. The van der Waals surface area contributed by atoms with Crippen molar-refractivity contribution in [2.45, 2.75) is 19.9 Å². The summed E-state index contributed by atoms with van der Waals surface area (Å²) in [5, 5.41) is 6.80. The first-order valence-electron chi connectivity index (χ1n) is 5.33. The molecule has 3 nitrogen and oxygen atoms in total. The first kappa shape index (κ1) is 13.0. The van der Waals surface area contributed by atoms with Crippen LogP contribution in [0, 0.1) is 0 Å². The number of rotatable bonds is 5. The molecule has 0 fully saturated rings. The maximum atomic E-state index is 10.6. The predicted molar refractivity (Wildman–Crippen MR) is 66.6 cm³/mol. The van der Waals surface area contributed by atoms with Crippen LogP contribution in [0.25, 0.3) is 0 Å². The lowest BCUT2D eigenvalue weighted by Gasteiger charge is -2.14. The van der Waals surface area contributed by atoms with Crippen molar-refractivity contribution in [2.75, 3.05) is 13.1 Å². The van der Waals surface area contributed by atoms with Crippen molar-refractivity contribution in [1.82, 2.24) is 10.6 Å². The lowest BCUT2D eigenvalue weighted by molar-refractivity contribution is -0.118. The van der Waals surface area contributed by atoms with E-state index in [4.69, 9.17) is 11.6 Å². The Kier molecular flexibility index (Phi) is 5.29. The van der Waals surface area contributed by atoms with Gasteiger partial charge in [-0.05, 0) is 24.6 Å². The van der Waals surface area contributed by atoms with Gasteiger partial charge in [0, 0.05) is 31.1 Å². The molecule has 0 aromatic heterocycles. The third kappa shape index (κ3) is 4.64. The van der Waals surface area contributed by atoms with Gasteiger partial charge in [0.1, 0.15) is 0 Å². The zero-order chi connectivity index (χ0) is 12.0. The quantitative estimate of drug-likeness (QED) is 0.775. The normalized spacial score (nSPS) is 12.2. The van der Waals surface area contributed by atoms with Gasteiger partial charge in [0.15, 0.2) is 0 Å². The van der Waals surface area contributed by atoms with E-state index in [-0.39, 0.29) is 11.9 Å². The Hall–Kier alpha value is -1.06. The summed E-state index contributed by atoms with van der Waals surface area (Å²) in [6, 6.07) is 8.01. The van der Waals surface area contributed by atoms with Gasteiger partial charge in [-0.3, -0.25) is 4.79 Å². The van der Waals surface area contributed by atoms with Crippen LogP contribution < -0.4 is 10.6 Å². The molecule has 1 rings (SSSR count). The monoisotopic (exact) mass is 240 g/mol. The first-order chi connectivity index (χ1) is 7.59. The lowest BCUT2D eigenvalue weighted by atomic mass is 10.1. The maximum absolute atomic E-state index is 10.6. The molecule has 0 saturated carbocycles. The largest absolute Gasteiger partial charge is 0.355 e. The van der Waals surface area contributed by atoms with Crippen LogP contribution in [0.5, 0.6) is 0 Å². The second-order valence-electron chi connectivity index (χ2n) is 3.71. The van der Waals surface area contributed by atoms with Crippen LogP contribution in [0.2, 0.25) is 5.02 Å². The molecule has 16 heavy (non-hydrogen) atoms. The zero-order valence-electron chi connectivity index (χ0n) is 9.59. The summed E-state index contributed by atoms with van der Waals surface area (Å²) in [6.45, 7) is 5.00. The minimum atomic E-state index is 0.000876. The van der Waals surface area contributed by atoms with E-state index in [0.717, 1.165) is 11.6 Å². The van der Waals surface area contributed by atoms with Crippen LogP contribution in [0.1, 0.15) is 25.5 Å². The van der Waals surface area contributed by atoms with Crippen molar-refractivity contribution < 1.29 is 4.79 Å². The molecule has 0 spiro atoms. The summed E-state index contributed by atoms with van der Waals surface area (Å²) in [5.74, 6) is 0.000876. The predicted octanol–water partition coefficient (Wildman–Crippen LogP) is 2.13. The molecule has 1 amide bonds. The molecule has 1 aromatic rings. The fraction of sp³-hybridized carbons (Fsp3) is 0.417. The average molecular weight is 241 g/mol. The molecular formula is C12H17ClN2O. The standard InChI is InChI=1S/C12H17ClN2O/c1-9(14-7-8-15-10(2)16)11-3-5-12(13)6-4-11/h3-6,9,14H,7-8H2,1-2H3,(H,15,16)/t9-/m0/s1. The van der Waals surface area contributed by atoms with Crippen molar-refractivity contribution in [1.29, 1.82) is 0 Å². The fourth-order valence-corrected chi connectivity index (χ4v) is 1.52. The number of nitrogens with one attached hydrogen (secondary N) is 2.